The molecule has 5 aromatic rings. The SMILES string of the molecule is CCOP(=O)(O)C(Nc1ccc(N=Nc2ccccc2)cc1)c1ccc(C(Nc2ccc(N=Nc3ccccc3)cc2)P(=O)(O)OCC)cc1. The first-order chi connectivity index (χ1) is 24.2. The Balaban J connectivity index is 1.36. The van der Waals surface area contributed by atoms with Crippen LogP contribution in [0.3, 0.4) is 0 Å². The van der Waals surface area contributed by atoms with Crippen molar-refractivity contribution >= 4 is 49.3 Å². The second kappa shape index (κ2) is 17.2. The van der Waals surface area contributed by atoms with Crippen LogP contribution in [0.25, 0.3) is 0 Å². The molecule has 0 aliphatic carbocycles. The van der Waals surface area contributed by atoms with E-state index in [0.29, 0.717) is 45.3 Å². The van der Waals surface area contributed by atoms with Gasteiger partial charge in [0, 0.05) is 11.4 Å². The van der Waals surface area contributed by atoms with E-state index in [9.17, 15) is 18.9 Å². The largest absolute Gasteiger partial charge is 0.368 e. The molecule has 0 aliphatic rings. The lowest BCUT2D eigenvalue weighted by molar-refractivity contribution is 0.265. The van der Waals surface area contributed by atoms with E-state index in [2.05, 4.69) is 31.1 Å². The molecule has 5 aromatic carbocycles. The van der Waals surface area contributed by atoms with Crippen LogP contribution in [0, 0.1) is 0 Å². The summed E-state index contributed by atoms with van der Waals surface area (Å²) < 4.78 is 37.4. The number of anilines is 2. The average Bonchev–Trinajstić information content (AvgIpc) is 3.13. The lowest BCUT2D eigenvalue weighted by Gasteiger charge is -2.27. The number of nitrogens with zero attached hydrogens (tertiary/aromatic N) is 4. The zero-order valence-electron chi connectivity index (χ0n) is 27.5. The van der Waals surface area contributed by atoms with Crippen molar-refractivity contribution < 1.29 is 28.0 Å². The van der Waals surface area contributed by atoms with Crippen LogP contribution in [0.1, 0.15) is 36.5 Å². The van der Waals surface area contributed by atoms with Gasteiger partial charge in [-0.3, -0.25) is 9.13 Å². The molecule has 0 amide bonds. The summed E-state index contributed by atoms with van der Waals surface area (Å²) in [7, 11) is -8.47. The second-order valence-electron chi connectivity index (χ2n) is 10.9. The fourth-order valence-electron chi connectivity index (χ4n) is 4.87. The standard InChI is InChI=1S/C36H38N6O6P2/c1-3-47-49(43,44)35(37-29-19-23-33(24-20-29)41-39-31-11-7-5-8-12-31)27-15-17-28(18-16-27)36(50(45,46)48-4-2)38-30-21-25-34(26-22-30)42-40-32-13-9-6-10-14-32/h5-26,35-38H,3-4H2,1-2H3,(H,43,44)(H,45,46). The van der Waals surface area contributed by atoms with Gasteiger partial charge in [-0.1, -0.05) is 60.7 Å². The molecule has 258 valence electrons. The summed E-state index contributed by atoms with van der Waals surface area (Å²) in [6.45, 7) is 3.31. The molecule has 0 heterocycles. The average molecular weight is 713 g/mol. The minimum atomic E-state index is -4.24. The highest BCUT2D eigenvalue weighted by Crippen LogP contribution is 2.58. The van der Waals surface area contributed by atoms with Gasteiger partial charge in [0.15, 0.2) is 11.6 Å². The summed E-state index contributed by atoms with van der Waals surface area (Å²) in [5, 5.41) is 23.2. The van der Waals surface area contributed by atoms with Gasteiger partial charge in [0.05, 0.1) is 36.0 Å². The smallest absolute Gasteiger partial charge is 0.354 e. The lowest BCUT2D eigenvalue weighted by Crippen LogP contribution is -2.15. The van der Waals surface area contributed by atoms with Crippen LogP contribution in [0.4, 0.5) is 34.1 Å². The Labute approximate surface area is 291 Å². The number of hydrogen-bond donors (Lipinski definition) is 4. The van der Waals surface area contributed by atoms with Crippen LogP contribution >= 0.6 is 15.2 Å². The molecular formula is C36H38N6O6P2. The van der Waals surface area contributed by atoms with Gasteiger partial charge in [-0.15, -0.1) is 0 Å². The predicted octanol–water partition coefficient (Wildman–Crippen LogP) is 11.2. The number of azo groups is 2. The summed E-state index contributed by atoms with van der Waals surface area (Å²) in [5.74, 6) is -2.30. The molecule has 12 nitrogen and oxygen atoms in total. The number of rotatable bonds is 16. The summed E-state index contributed by atoms with van der Waals surface area (Å²) in [6.07, 6.45) is 0. The van der Waals surface area contributed by atoms with Gasteiger partial charge < -0.3 is 29.5 Å². The van der Waals surface area contributed by atoms with Crippen LogP contribution in [0.2, 0.25) is 0 Å². The summed E-state index contributed by atoms with van der Waals surface area (Å²) in [4.78, 5) is 21.9. The Morgan fingerprint density at radius 3 is 1.10 bits per heavy atom. The van der Waals surface area contributed by atoms with Crippen molar-refractivity contribution in [1.82, 2.24) is 0 Å². The molecule has 0 spiro atoms. The van der Waals surface area contributed by atoms with Crippen molar-refractivity contribution in [2.45, 2.75) is 25.4 Å². The number of nitrogens with one attached hydrogen (secondary N) is 2. The maximum absolute atomic E-state index is 13.4. The molecule has 0 saturated heterocycles. The Kier molecular flexibility index (Phi) is 12.6. The summed E-state index contributed by atoms with van der Waals surface area (Å²) in [6, 6.07) is 39.0. The Hall–Kier alpha value is -4.80. The molecule has 0 radical (unpaired) electrons. The highest BCUT2D eigenvalue weighted by molar-refractivity contribution is 7.53. The third-order valence-electron chi connectivity index (χ3n) is 7.26. The van der Waals surface area contributed by atoms with Gasteiger partial charge in [0.25, 0.3) is 0 Å². The van der Waals surface area contributed by atoms with E-state index in [1.165, 1.54) is 0 Å². The molecule has 0 fully saturated rings. The highest BCUT2D eigenvalue weighted by Gasteiger charge is 2.36. The molecule has 50 heavy (non-hydrogen) atoms. The van der Waals surface area contributed by atoms with Gasteiger partial charge in [-0.2, -0.15) is 20.5 Å². The molecular weight excluding hydrogens is 674 g/mol. The third kappa shape index (κ3) is 10.1. The first-order valence-corrected chi connectivity index (χ1v) is 19.2. The van der Waals surface area contributed by atoms with E-state index in [1.54, 1.807) is 86.6 Å². The van der Waals surface area contributed by atoms with E-state index in [-0.39, 0.29) is 13.2 Å². The van der Waals surface area contributed by atoms with E-state index in [4.69, 9.17) is 9.05 Å². The van der Waals surface area contributed by atoms with Crippen molar-refractivity contribution in [3.63, 3.8) is 0 Å². The van der Waals surface area contributed by atoms with Gasteiger partial charge in [-0.05, 0) is 97.8 Å². The monoisotopic (exact) mass is 712 g/mol. The van der Waals surface area contributed by atoms with Gasteiger partial charge in [0.2, 0.25) is 0 Å². The van der Waals surface area contributed by atoms with Gasteiger partial charge >= 0.3 is 15.2 Å². The Morgan fingerprint density at radius 1 is 0.500 bits per heavy atom. The van der Waals surface area contributed by atoms with Crippen molar-refractivity contribution in [3.05, 3.63) is 145 Å². The first-order valence-electron chi connectivity index (χ1n) is 15.9. The van der Waals surface area contributed by atoms with Crippen molar-refractivity contribution in [2.75, 3.05) is 23.8 Å². The zero-order chi connectivity index (χ0) is 35.4. The molecule has 4 unspecified atom stereocenters. The van der Waals surface area contributed by atoms with E-state index in [1.807, 2.05) is 60.7 Å². The predicted molar refractivity (Wildman–Crippen MR) is 196 cm³/mol. The van der Waals surface area contributed by atoms with Crippen LogP contribution in [-0.4, -0.2) is 23.0 Å². The number of benzene rings is 5. The van der Waals surface area contributed by atoms with Crippen LogP contribution in [0.15, 0.2) is 154 Å². The number of hydrogen-bond acceptors (Lipinski definition) is 10. The van der Waals surface area contributed by atoms with E-state index < -0.39 is 26.8 Å². The van der Waals surface area contributed by atoms with Crippen molar-refractivity contribution in [2.24, 2.45) is 20.5 Å². The molecule has 5 rings (SSSR count). The van der Waals surface area contributed by atoms with Gasteiger partial charge in [-0.25, -0.2) is 0 Å². The molecule has 0 bridgehead atoms. The second-order valence-corrected chi connectivity index (χ2v) is 14.7. The normalized spacial score (nSPS) is 15.3. The Morgan fingerprint density at radius 2 is 0.800 bits per heavy atom. The fourth-order valence-corrected chi connectivity index (χ4v) is 7.63. The fraction of sp³-hybridized carbons (Fsp3) is 0.167. The van der Waals surface area contributed by atoms with Crippen molar-refractivity contribution in [3.8, 4) is 0 Å². The van der Waals surface area contributed by atoms with Crippen LogP contribution in [-0.2, 0) is 18.2 Å². The van der Waals surface area contributed by atoms with E-state index >= 15 is 0 Å². The highest BCUT2D eigenvalue weighted by atomic mass is 31.2. The van der Waals surface area contributed by atoms with Crippen molar-refractivity contribution in [1.29, 1.82) is 0 Å². The minimum Gasteiger partial charge on any atom is -0.368 e. The van der Waals surface area contributed by atoms with Crippen LogP contribution < -0.4 is 10.6 Å². The zero-order valence-corrected chi connectivity index (χ0v) is 29.3. The molecule has 4 atom stereocenters. The minimum absolute atomic E-state index is 0.0172. The molecule has 0 aliphatic heterocycles. The Bertz CT molecular complexity index is 1820. The first kappa shape index (κ1) is 36.5. The topological polar surface area (TPSA) is 167 Å². The third-order valence-corrected chi connectivity index (χ3v) is 10.7. The summed E-state index contributed by atoms with van der Waals surface area (Å²) >= 11 is 0. The molecule has 14 heteroatoms. The van der Waals surface area contributed by atoms with Crippen LogP contribution in [0.5, 0.6) is 0 Å². The quantitative estimate of drug-likeness (QED) is 0.0579. The summed E-state index contributed by atoms with van der Waals surface area (Å²) in [5.41, 5.74) is 4.59. The maximum Gasteiger partial charge on any atom is 0.354 e. The lowest BCUT2D eigenvalue weighted by atomic mass is 10.1. The maximum atomic E-state index is 13.4. The van der Waals surface area contributed by atoms with E-state index in [0.717, 1.165) is 0 Å². The molecule has 0 saturated carbocycles. The molecule has 4 N–H and O–H groups in total. The molecule has 0 aromatic heterocycles. The van der Waals surface area contributed by atoms with Gasteiger partial charge in [0.1, 0.15) is 0 Å².